The number of benzene rings is 10. The van der Waals surface area contributed by atoms with Crippen LogP contribution in [0.15, 0.2) is 200 Å². The van der Waals surface area contributed by atoms with Crippen LogP contribution in [0.2, 0.25) is 0 Å². The minimum absolute atomic E-state index is 0.110. The van der Waals surface area contributed by atoms with Crippen molar-refractivity contribution in [3.8, 4) is 69.0 Å². The summed E-state index contributed by atoms with van der Waals surface area (Å²) >= 11 is 0. The second-order valence-electron chi connectivity index (χ2n) is 34.9. The molecule has 0 saturated carbocycles. The van der Waals surface area contributed by atoms with Crippen molar-refractivity contribution in [2.24, 2.45) is 30.0 Å². The summed E-state index contributed by atoms with van der Waals surface area (Å²) in [6, 6.07) is 59.0. The third-order valence-corrected chi connectivity index (χ3v) is 22.3. The van der Waals surface area contributed by atoms with Crippen molar-refractivity contribution in [3.05, 3.63) is 270 Å². The molecule has 4 heterocycles. The molecule has 1 aromatic heterocycles. The number of amidine groups is 4. The van der Waals surface area contributed by atoms with E-state index in [4.69, 9.17) is 58.4 Å². The van der Waals surface area contributed by atoms with Crippen LogP contribution < -0.4 is 39.4 Å². The van der Waals surface area contributed by atoms with Crippen molar-refractivity contribution in [3.63, 3.8) is 0 Å². The Labute approximate surface area is 680 Å². The molecule has 3 aliphatic rings. The van der Waals surface area contributed by atoms with E-state index in [1.54, 1.807) is 0 Å². The van der Waals surface area contributed by atoms with Crippen LogP contribution in [-0.4, -0.2) is 28.3 Å². The van der Waals surface area contributed by atoms with Gasteiger partial charge < -0.3 is 33.4 Å². The number of H-pyrrole nitrogens is 1. The molecule has 0 amide bonds. The maximum atomic E-state index is 7.63. The van der Waals surface area contributed by atoms with E-state index < -0.39 is 0 Å². The van der Waals surface area contributed by atoms with Crippen molar-refractivity contribution in [2.45, 2.75) is 237 Å². The second kappa shape index (κ2) is 33.0. The van der Waals surface area contributed by atoms with Crippen LogP contribution in [0.5, 0.6) is 69.0 Å². The van der Waals surface area contributed by atoms with Crippen molar-refractivity contribution in [1.82, 2.24) is 4.98 Å². The van der Waals surface area contributed by atoms with Crippen LogP contribution >= 0.6 is 0 Å². The summed E-state index contributed by atoms with van der Waals surface area (Å²) < 4.78 is 45.4. The van der Waals surface area contributed by atoms with Crippen LogP contribution in [0.3, 0.4) is 0 Å². The molecule has 115 heavy (non-hydrogen) atoms. The number of hydrogen-bond donors (Lipinski definition) is 1. The van der Waals surface area contributed by atoms with Crippen molar-refractivity contribution < 1.29 is 28.4 Å². The summed E-state index contributed by atoms with van der Waals surface area (Å²) in [7, 11) is 0. The fraction of sp³-hybridized carbons (Fsp3) is 0.353. The molecule has 0 saturated heterocycles. The molecule has 592 valence electrons. The number of nitrogens with one attached hydrogen (secondary N) is 1. The van der Waals surface area contributed by atoms with E-state index in [9.17, 15) is 0 Å². The zero-order valence-corrected chi connectivity index (χ0v) is 71.7. The predicted octanol–water partition coefficient (Wildman–Crippen LogP) is 29.0. The van der Waals surface area contributed by atoms with Gasteiger partial charge in [0.25, 0.3) is 0 Å². The molecule has 13 nitrogen and oxygen atoms in total. The van der Waals surface area contributed by atoms with E-state index in [2.05, 4.69) is 292 Å². The second-order valence-corrected chi connectivity index (χ2v) is 34.9. The number of ether oxygens (including phenoxy) is 6. The molecule has 0 aliphatic carbocycles. The van der Waals surface area contributed by atoms with Crippen molar-refractivity contribution in [2.75, 3.05) is 0 Å². The molecular weight excluding hydrogens is 1420 g/mol. The number of aliphatic imine (C=N–C) groups is 4. The van der Waals surface area contributed by atoms with Gasteiger partial charge in [-0.15, -0.1) is 0 Å². The lowest BCUT2D eigenvalue weighted by atomic mass is 9.93. The Balaban J connectivity index is 1.11. The van der Waals surface area contributed by atoms with Gasteiger partial charge in [-0.3, -0.25) is 0 Å². The third kappa shape index (κ3) is 16.1. The zero-order chi connectivity index (χ0) is 81.9. The van der Waals surface area contributed by atoms with Gasteiger partial charge in [-0.2, -0.15) is 0 Å². The lowest BCUT2D eigenvalue weighted by molar-refractivity contribution is 0.404. The number of fused-ring (bicyclic) bond motifs is 15. The first-order valence-electron chi connectivity index (χ1n) is 41.7. The van der Waals surface area contributed by atoms with Gasteiger partial charge in [0.15, 0.2) is 57.8 Å². The standard InChI is InChI=1S/C102H113N7O6/c1-53(2)67-34-26-35-68(54(3)4)91(67)110-85-47-79-81(49-87(85)112-93-71(57(9)10)38-28-39-72(93)58(11)12)99-105-97(79)103-65-32-25-33-66(46-65)104-98-80-48-86(111-92-69(55(5)6)36-27-37-70(92)56(7)8)88(113-94-73(59(13)14)40-29-41-74(94)60(15)16)50-82(80)100(106-98)108-102-84-52-90(115-96-77(63(21)22)44-31-45-78(96)64(23)24)89(51-83(84)101(107-99)109-102)114-95-75(61(17)18)42-30-43-76(95)62(19)20/h25-64H,1-24H3,(H,103,104,105,106,107,108,109). The maximum absolute atomic E-state index is 7.63. The number of para-hydroxylation sites is 6. The molecule has 0 atom stereocenters. The van der Waals surface area contributed by atoms with Gasteiger partial charge in [-0.1, -0.05) is 281 Å². The van der Waals surface area contributed by atoms with E-state index in [1.165, 1.54) is 0 Å². The van der Waals surface area contributed by atoms with Crippen molar-refractivity contribution in [1.29, 1.82) is 0 Å². The van der Waals surface area contributed by atoms with E-state index in [-0.39, 0.29) is 71.0 Å². The highest BCUT2D eigenvalue weighted by Gasteiger charge is 2.34. The van der Waals surface area contributed by atoms with Gasteiger partial charge in [0.05, 0.1) is 11.4 Å². The first-order chi connectivity index (χ1) is 54.9. The van der Waals surface area contributed by atoms with Crippen molar-refractivity contribution >= 4 is 45.5 Å². The number of aromatic nitrogens is 1. The predicted molar refractivity (Wildman–Crippen MR) is 474 cm³/mol. The molecule has 1 N–H and O–H groups in total. The summed E-state index contributed by atoms with van der Waals surface area (Å²) in [5.74, 6) is 10.7. The van der Waals surface area contributed by atoms with Crippen LogP contribution in [0.25, 0.3) is 10.8 Å². The summed E-state index contributed by atoms with van der Waals surface area (Å²) in [4.78, 5) is 37.6. The third-order valence-electron chi connectivity index (χ3n) is 22.3. The molecule has 10 aromatic carbocycles. The topological polar surface area (TPSA) is 145 Å². The van der Waals surface area contributed by atoms with Crippen LogP contribution in [0.4, 0.5) is 11.4 Å². The Bertz CT molecular complexity index is 5350. The zero-order valence-electron chi connectivity index (χ0n) is 71.7. The number of rotatable bonds is 24. The Kier molecular flexibility index (Phi) is 23.1. The minimum Gasteiger partial charge on any atom is -0.453 e. The number of nitrogens with zero attached hydrogens (tertiary/aromatic N) is 6. The number of aromatic amines is 1. The normalized spacial score (nSPS) is 13.3. The van der Waals surface area contributed by atoms with Gasteiger partial charge in [0, 0.05) is 33.0 Å². The highest BCUT2D eigenvalue weighted by Crippen LogP contribution is 2.52. The molecule has 8 bridgehead atoms. The van der Waals surface area contributed by atoms with E-state index in [0.717, 1.165) is 101 Å². The van der Waals surface area contributed by atoms with E-state index in [1.807, 2.05) is 48.5 Å². The lowest BCUT2D eigenvalue weighted by Gasteiger charge is -2.24. The Morgan fingerprint density at radius 3 is 0.565 bits per heavy atom. The first kappa shape index (κ1) is 80.4. The highest BCUT2D eigenvalue weighted by molar-refractivity contribution is 6.25. The SMILES string of the molecule is CC(C)c1cccc(C(C)C)c1Oc1cc2c(cc1Oc1c(C(C)C)cccc1C(C)C)C1=Nc3cccc(c3)N=C3N=C(N=c4[nH]c(c5cc(Oc6c(C(C)C)cccc6C(C)C)c(Oc6c(C(C)C)cccc6C(C)C)cc45)=NC2=N1)c1cc(Oc2c(C(C)C)cccc2C(C)C)c(Oc2c(C(C)C)cccc2C(C)C)cc13. The molecule has 0 unspecified atom stereocenters. The van der Waals surface area contributed by atoms with Crippen LogP contribution in [0.1, 0.15) is 326 Å². The monoisotopic (exact) mass is 1530 g/mol. The largest absolute Gasteiger partial charge is 0.453 e. The lowest BCUT2D eigenvalue weighted by Crippen LogP contribution is -2.15. The molecule has 14 rings (SSSR count). The average molecular weight is 1530 g/mol. The molecule has 0 fully saturated rings. The van der Waals surface area contributed by atoms with Gasteiger partial charge >= 0.3 is 0 Å². The maximum Gasteiger partial charge on any atom is 0.170 e. The van der Waals surface area contributed by atoms with Gasteiger partial charge in [-0.25, -0.2) is 30.0 Å². The van der Waals surface area contributed by atoms with Crippen LogP contribution in [0, 0.1) is 0 Å². The summed E-state index contributed by atoms with van der Waals surface area (Å²) in [6.07, 6.45) is 0. The molecule has 3 aliphatic heterocycles. The fourth-order valence-electron chi connectivity index (χ4n) is 15.8. The average Bonchev–Trinajstić information content (AvgIpc) is 1.61. The highest BCUT2D eigenvalue weighted by atomic mass is 16.5. The summed E-state index contributed by atoms with van der Waals surface area (Å²) in [5.41, 5.74) is 17.7. The molecule has 13 heteroatoms. The molecule has 0 spiro atoms. The smallest absolute Gasteiger partial charge is 0.170 e. The summed E-state index contributed by atoms with van der Waals surface area (Å²) in [5, 5.41) is 1.35. The quantitative estimate of drug-likeness (QED) is 0.0638. The summed E-state index contributed by atoms with van der Waals surface area (Å²) in [6.45, 7) is 53.0. The van der Waals surface area contributed by atoms with Gasteiger partial charge in [-0.05, 0) is 192 Å². The Hall–Kier alpha value is -11.2. The molecule has 0 radical (unpaired) electrons. The van der Waals surface area contributed by atoms with Gasteiger partial charge in [0.2, 0.25) is 0 Å². The first-order valence-corrected chi connectivity index (χ1v) is 41.7. The minimum atomic E-state index is 0.110. The Morgan fingerprint density at radius 1 is 0.200 bits per heavy atom. The van der Waals surface area contributed by atoms with E-state index in [0.29, 0.717) is 113 Å². The fourth-order valence-corrected chi connectivity index (χ4v) is 15.8. The van der Waals surface area contributed by atoms with Gasteiger partial charge in [0.1, 0.15) is 45.5 Å². The molecule has 11 aromatic rings. The Morgan fingerprint density at radius 2 is 0.374 bits per heavy atom. The number of hydrogen-bond acceptors (Lipinski definition) is 12. The molecular formula is C102H113N7O6. The van der Waals surface area contributed by atoms with E-state index >= 15 is 0 Å². The van der Waals surface area contributed by atoms with Crippen LogP contribution in [-0.2, 0) is 0 Å².